The van der Waals surface area contributed by atoms with Gasteiger partial charge in [-0.2, -0.15) is 0 Å². The lowest BCUT2D eigenvalue weighted by molar-refractivity contribution is -0.235. The molecule has 1 heterocycles. The van der Waals surface area contributed by atoms with Gasteiger partial charge >= 0.3 is 11.9 Å². The van der Waals surface area contributed by atoms with E-state index in [2.05, 4.69) is 10.0 Å². The first kappa shape index (κ1) is 22.9. The molecule has 2 aromatic rings. The Kier molecular flexibility index (Phi) is 7.54. The van der Waals surface area contributed by atoms with Crippen molar-refractivity contribution in [3.05, 3.63) is 70.6 Å². The average molecular weight is 441 g/mol. The van der Waals surface area contributed by atoms with Gasteiger partial charge in [0, 0.05) is 11.8 Å². The summed E-state index contributed by atoms with van der Waals surface area (Å²) in [7, 11) is 1.54. The van der Waals surface area contributed by atoms with E-state index in [1.807, 2.05) is 0 Å². The van der Waals surface area contributed by atoms with Crippen molar-refractivity contribution in [2.24, 2.45) is 5.11 Å². The van der Waals surface area contributed by atoms with Crippen LogP contribution in [-0.4, -0.2) is 49.7 Å². The minimum absolute atomic E-state index is 0.292. The highest BCUT2D eigenvalue weighted by atomic mass is 16.7. The van der Waals surface area contributed by atoms with Crippen molar-refractivity contribution in [1.29, 1.82) is 0 Å². The van der Waals surface area contributed by atoms with E-state index in [9.17, 15) is 9.59 Å². The zero-order valence-electron chi connectivity index (χ0n) is 17.8. The minimum Gasteiger partial charge on any atom is -0.497 e. The number of rotatable bonds is 7. The van der Waals surface area contributed by atoms with Gasteiger partial charge in [0.2, 0.25) is 6.29 Å². The Labute approximate surface area is 184 Å². The number of carbonyl (C=O) groups excluding carboxylic acids is 2. The Hall–Kier alpha value is -3.75. The lowest BCUT2D eigenvalue weighted by atomic mass is 9.97. The molecule has 0 saturated carbocycles. The number of azide groups is 1. The van der Waals surface area contributed by atoms with Crippen LogP contribution < -0.4 is 9.47 Å². The molecule has 0 N–H and O–H groups in total. The summed E-state index contributed by atoms with van der Waals surface area (Å²) in [6.45, 7) is 2.87. The van der Waals surface area contributed by atoms with Crippen LogP contribution >= 0.6 is 0 Å². The molecule has 10 heteroatoms. The van der Waals surface area contributed by atoms with E-state index >= 15 is 0 Å². The molecular formula is C22H23N3O7. The van der Waals surface area contributed by atoms with Gasteiger partial charge < -0.3 is 23.7 Å². The Morgan fingerprint density at radius 1 is 1.00 bits per heavy atom. The summed E-state index contributed by atoms with van der Waals surface area (Å²) in [5.41, 5.74) is 9.45. The molecule has 3 rings (SSSR count). The molecule has 5 atom stereocenters. The smallest absolute Gasteiger partial charge is 0.338 e. The van der Waals surface area contributed by atoms with Gasteiger partial charge in [0.15, 0.2) is 12.2 Å². The third-order valence-electron chi connectivity index (χ3n) is 4.80. The lowest BCUT2D eigenvalue weighted by Gasteiger charge is -2.42. The summed E-state index contributed by atoms with van der Waals surface area (Å²) in [5.74, 6) is -0.213. The molecule has 168 valence electrons. The molecule has 0 amide bonds. The van der Waals surface area contributed by atoms with Crippen molar-refractivity contribution in [3.8, 4) is 11.5 Å². The van der Waals surface area contributed by atoms with Crippen LogP contribution in [0.3, 0.4) is 0 Å². The maximum absolute atomic E-state index is 12.7. The SMILES string of the molecule is COc1ccc(O[C@@H]2O[C@@H](C)[C@@H](OC(C)=O)[C@@H](OC(=O)c3ccccc3)[C@H]2N=[N+]=[N-])cc1. The van der Waals surface area contributed by atoms with Gasteiger partial charge in [-0.25, -0.2) is 4.79 Å². The molecule has 10 nitrogen and oxygen atoms in total. The fourth-order valence-electron chi connectivity index (χ4n) is 3.31. The molecule has 0 spiro atoms. The normalized spacial score (nSPS) is 24.5. The van der Waals surface area contributed by atoms with Gasteiger partial charge in [-0.05, 0) is 48.9 Å². The van der Waals surface area contributed by atoms with Gasteiger partial charge in [0.25, 0.3) is 0 Å². The van der Waals surface area contributed by atoms with Gasteiger partial charge in [-0.15, -0.1) is 0 Å². The van der Waals surface area contributed by atoms with Crippen molar-refractivity contribution in [2.75, 3.05) is 7.11 Å². The van der Waals surface area contributed by atoms with E-state index in [1.54, 1.807) is 68.6 Å². The first-order chi connectivity index (χ1) is 15.4. The lowest BCUT2D eigenvalue weighted by Crippen LogP contribution is -2.60. The predicted octanol–water partition coefficient (Wildman–Crippen LogP) is 3.66. The Morgan fingerprint density at radius 3 is 2.25 bits per heavy atom. The number of ether oxygens (including phenoxy) is 5. The molecule has 0 aliphatic carbocycles. The van der Waals surface area contributed by atoms with Crippen LogP contribution in [0.5, 0.6) is 11.5 Å². The molecule has 0 bridgehead atoms. The fourth-order valence-corrected chi connectivity index (χ4v) is 3.31. The highest BCUT2D eigenvalue weighted by molar-refractivity contribution is 5.89. The number of nitrogens with zero attached hydrogens (tertiary/aromatic N) is 3. The second-order valence-corrected chi connectivity index (χ2v) is 7.01. The zero-order chi connectivity index (χ0) is 23.1. The van der Waals surface area contributed by atoms with E-state index in [0.29, 0.717) is 17.1 Å². The highest BCUT2D eigenvalue weighted by Gasteiger charge is 2.49. The van der Waals surface area contributed by atoms with Gasteiger partial charge in [-0.1, -0.05) is 23.3 Å². The minimum atomic E-state index is -1.14. The maximum atomic E-state index is 12.7. The van der Waals surface area contributed by atoms with E-state index in [1.165, 1.54) is 6.92 Å². The monoisotopic (exact) mass is 441 g/mol. The van der Waals surface area contributed by atoms with Crippen LogP contribution in [0.2, 0.25) is 0 Å². The molecule has 0 aromatic heterocycles. The molecule has 0 radical (unpaired) electrons. The van der Waals surface area contributed by atoms with E-state index < -0.39 is 42.6 Å². The first-order valence-corrected chi connectivity index (χ1v) is 9.86. The summed E-state index contributed by atoms with van der Waals surface area (Å²) >= 11 is 0. The van der Waals surface area contributed by atoms with Crippen molar-refractivity contribution < 1.29 is 33.3 Å². The van der Waals surface area contributed by atoms with Crippen molar-refractivity contribution >= 4 is 11.9 Å². The summed E-state index contributed by atoms with van der Waals surface area (Å²) in [5, 5.41) is 3.75. The Balaban J connectivity index is 1.91. The molecule has 1 aliphatic rings. The summed E-state index contributed by atoms with van der Waals surface area (Å²) in [4.78, 5) is 27.3. The number of carbonyl (C=O) groups is 2. The number of esters is 2. The number of hydrogen-bond donors (Lipinski definition) is 0. The molecule has 2 aromatic carbocycles. The molecule has 1 saturated heterocycles. The number of benzene rings is 2. The van der Waals surface area contributed by atoms with Crippen LogP contribution in [-0.2, 0) is 19.0 Å². The zero-order valence-corrected chi connectivity index (χ0v) is 17.8. The third-order valence-corrected chi connectivity index (χ3v) is 4.80. The van der Waals surface area contributed by atoms with Crippen molar-refractivity contribution in [2.45, 2.75) is 44.5 Å². The molecular weight excluding hydrogens is 418 g/mol. The Bertz CT molecular complexity index is 977. The maximum Gasteiger partial charge on any atom is 0.338 e. The van der Waals surface area contributed by atoms with Crippen molar-refractivity contribution in [3.63, 3.8) is 0 Å². The fraction of sp³-hybridized carbons (Fsp3) is 0.364. The largest absolute Gasteiger partial charge is 0.497 e. The van der Waals surface area contributed by atoms with Gasteiger partial charge in [0.1, 0.15) is 17.5 Å². The van der Waals surface area contributed by atoms with E-state index in [-0.39, 0.29) is 0 Å². The predicted molar refractivity (Wildman–Crippen MR) is 112 cm³/mol. The van der Waals surface area contributed by atoms with Crippen LogP contribution in [0, 0.1) is 0 Å². The molecule has 0 unspecified atom stereocenters. The first-order valence-electron chi connectivity index (χ1n) is 9.86. The highest BCUT2D eigenvalue weighted by Crippen LogP contribution is 2.31. The van der Waals surface area contributed by atoms with Crippen LogP contribution in [0.25, 0.3) is 10.4 Å². The molecule has 1 fully saturated rings. The summed E-state index contributed by atoms with van der Waals surface area (Å²) in [6.07, 6.45) is -3.98. The van der Waals surface area contributed by atoms with E-state index in [0.717, 1.165) is 0 Å². The Morgan fingerprint density at radius 2 is 1.66 bits per heavy atom. The summed E-state index contributed by atoms with van der Waals surface area (Å²) < 4.78 is 27.9. The molecule has 32 heavy (non-hydrogen) atoms. The van der Waals surface area contributed by atoms with Crippen molar-refractivity contribution in [1.82, 2.24) is 0 Å². The molecule has 1 aliphatic heterocycles. The van der Waals surface area contributed by atoms with Gasteiger partial charge in [0.05, 0.1) is 18.8 Å². The van der Waals surface area contributed by atoms with Gasteiger partial charge in [-0.3, -0.25) is 4.79 Å². The third kappa shape index (κ3) is 5.48. The second-order valence-electron chi connectivity index (χ2n) is 7.01. The average Bonchev–Trinajstić information content (AvgIpc) is 2.79. The van der Waals surface area contributed by atoms with Crippen LogP contribution in [0.1, 0.15) is 24.2 Å². The topological polar surface area (TPSA) is 129 Å². The van der Waals surface area contributed by atoms with Crippen LogP contribution in [0.4, 0.5) is 0 Å². The standard InChI is InChI=1S/C22H23N3O7/c1-13-19(30-14(2)26)20(32-21(27)15-7-5-4-6-8-15)18(24-25-23)22(29-13)31-17-11-9-16(28-3)10-12-17/h4-13,18-20,22H,1-3H3/t13-,18+,19+,20-,22-/m0/s1. The second kappa shape index (κ2) is 10.5. The van der Waals surface area contributed by atoms with Crippen LogP contribution in [0.15, 0.2) is 59.7 Å². The number of hydrogen-bond acceptors (Lipinski definition) is 8. The van der Waals surface area contributed by atoms with E-state index in [4.69, 9.17) is 29.2 Å². The number of methoxy groups -OCH3 is 1. The summed E-state index contributed by atoms with van der Waals surface area (Å²) in [6, 6.07) is 13.9. The quantitative estimate of drug-likeness (QED) is 0.277.